The van der Waals surface area contributed by atoms with Gasteiger partial charge in [-0.15, -0.1) is 4.99 Å². The number of methoxy groups -OCH3 is 1. The molecule has 0 aromatic heterocycles. The van der Waals surface area contributed by atoms with Crippen molar-refractivity contribution in [3.05, 3.63) is 0 Å². The normalized spacial score (nSPS) is 18.7. The number of carbonyl (C=O) groups excluding carboxylic acids is 1. The largest absolute Gasteiger partial charge is 0.468 e. The second kappa shape index (κ2) is 4.69. The van der Waals surface area contributed by atoms with Crippen molar-refractivity contribution in [3.8, 4) is 0 Å². The van der Waals surface area contributed by atoms with Crippen molar-refractivity contribution in [2.24, 2.45) is 10.7 Å². The molecule has 5 heteroatoms. The summed E-state index contributed by atoms with van der Waals surface area (Å²) in [6.45, 7) is 0. The molecule has 5 nitrogen and oxygen atoms in total. The zero-order chi connectivity index (χ0) is 9.68. The molecule has 0 unspecified atom stereocenters. The van der Waals surface area contributed by atoms with E-state index in [2.05, 4.69) is 15.0 Å². The minimum Gasteiger partial charge on any atom is -0.468 e. The van der Waals surface area contributed by atoms with Crippen molar-refractivity contribution in [2.45, 2.75) is 31.7 Å². The van der Waals surface area contributed by atoms with Crippen molar-refractivity contribution < 1.29 is 9.53 Å². The van der Waals surface area contributed by atoms with E-state index in [-0.39, 0.29) is 12.1 Å². The minimum atomic E-state index is -0.411. The van der Waals surface area contributed by atoms with Gasteiger partial charge in [-0.05, 0) is 12.8 Å². The molecule has 0 spiro atoms. The lowest BCUT2D eigenvalue weighted by Gasteiger charge is -2.08. The fourth-order valence-corrected chi connectivity index (χ4v) is 1.42. The Morgan fingerprint density at radius 1 is 1.54 bits per heavy atom. The molecule has 0 bridgehead atoms. The van der Waals surface area contributed by atoms with Gasteiger partial charge < -0.3 is 15.8 Å². The van der Waals surface area contributed by atoms with Gasteiger partial charge in [0, 0.05) is 6.04 Å². The highest BCUT2D eigenvalue weighted by atomic mass is 16.5. The number of hydrogen-bond acceptors (Lipinski definition) is 2. The van der Waals surface area contributed by atoms with E-state index < -0.39 is 6.03 Å². The van der Waals surface area contributed by atoms with Crippen LogP contribution < -0.4 is 11.1 Å². The summed E-state index contributed by atoms with van der Waals surface area (Å²) in [5.41, 5.74) is 5.22. The van der Waals surface area contributed by atoms with E-state index in [0.717, 1.165) is 12.8 Å². The summed E-state index contributed by atoms with van der Waals surface area (Å²) in [5, 5.41) is 2.76. The van der Waals surface area contributed by atoms with Gasteiger partial charge in [0.05, 0.1) is 7.11 Å². The Hall–Kier alpha value is -1.26. The maximum Gasteiger partial charge on any atom is 0.345 e. The number of amides is 2. The topological polar surface area (TPSA) is 76.7 Å². The van der Waals surface area contributed by atoms with Crippen molar-refractivity contribution in [1.29, 1.82) is 0 Å². The number of nitrogens with two attached hydrogens (primary N) is 1. The Morgan fingerprint density at radius 3 is 2.69 bits per heavy atom. The lowest BCUT2D eigenvalue weighted by atomic mass is 10.3. The number of aliphatic imine (C=N–C) groups is 1. The zero-order valence-corrected chi connectivity index (χ0v) is 7.75. The molecule has 1 fully saturated rings. The molecule has 1 rings (SSSR count). The molecular formula is C8H15N3O2. The molecular weight excluding hydrogens is 170 g/mol. The minimum absolute atomic E-state index is 0.101. The number of rotatable bonds is 1. The lowest BCUT2D eigenvalue weighted by molar-refractivity contribution is 0.244. The first-order valence-electron chi connectivity index (χ1n) is 4.41. The Morgan fingerprint density at radius 2 is 2.15 bits per heavy atom. The first-order valence-corrected chi connectivity index (χ1v) is 4.41. The van der Waals surface area contributed by atoms with Crippen LogP contribution >= 0.6 is 0 Å². The van der Waals surface area contributed by atoms with Crippen LogP contribution in [0.5, 0.6) is 0 Å². The molecule has 0 aromatic rings. The molecule has 0 saturated heterocycles. The number of urea groups is 1. The Kier molecular flexibility index (Phi) is 3.54. The van der Waals surface area contributed by atoms with Crippen LogP contribution in [0.2, 0.25) is 0 Å². The lowest BCUT2D eigenvalue weighted by Crippen LogP contribution is -2.32. The van der Waals surface area contributed by atoms with Crippen LogP contribution in [-0.2, 0) is 4.74 Å². The maximum absolute atomic E-state index is 11.1. The molecule has 0 heterocycles. The van der Waals surface area contributed by atoms with Gasteiger partial charge in [0.25, 0.3) is 6.02 Å². The van der Waals surface area contributed by atoms with E-state index in [1.54, 1.807) is 0 Å². The first-order chi connectivity index (χ1) is 6.22. The van der Waals surface area contributed by atoms with Gasteiger partial charge in [0.15, 0.2) is 0 Å². The standard InChI is InChI=1S/C8H15N3O2/c1-13-7(9)11-8(12)10-6-4-2-3-5-6/h6H,2-5H2,1H3,(H3,9,10,11,12). The van der Waals surface area contributed by atoms with Gasteiger partial charge >= 0.3 is 6.03 Å². The molecule has 1 saturated carbocycles. The SMILES string of the molecule is CO/C(N)=N/C(=O)NC1CCCC1. The van der Waals surface area contributed by atoms with Gasteiger partial charge in [0.2, 0.25) is 0 Å². The van der Waals surface area contributed by atoms with Gasteiger partial charge in [-0.2, -0.15) is 0 Å². The summed E-state index contributed by atoms with van der Waals surface area (Å²) in [7, 11) is 1.38. The summed E-state index contributed by atoms with van der Waals surface area (Å²) in [6, 6.07) is -0.248. The van der Waals surface area contributed by atoms with Gasteiger partial charge in [0.1, 0.15) is 0 Å². The molecule has 1 aliphatic carbocycles. The molecule has 0 aromatic carbocycles. The molecule has 1 aliphatic rings. The molecule has 0 aliphatic heterocycles. The third kappa shape index (κ3) is 3.31. The third-order valence-electron chi connectivity index (χ3n) is 2.10. The van der Waals surface area contributed by atoms with Crippen LogP contribution in [0.4, 0.5) is 4.79 Å². The first kappa shape index (κ1) is 9.83. The number of hydrogen-bond donors (Lipinski definition) is 2. The Balaban J connectivity index is 2.32. The summed E-state index contributed by atoms with van der Waals surface area (Å²) in [6.07, 6.45) is 4.42. The number of ether oxygens (including phenoxy) is 1. The monoisotopic (exact) mass is 185 g/mol. The predicted octanol–water partition coefficient (Wildman–Crippen LogP) is 0.600. The zero-order valence-electron chi connectivity index (χ0n) is 7.75. The summed E-state index contributed by atoms with van der Waals surface area (Å²) in [4.78, 5) is 14.6. The second-order valence-corrected chi connectivity index (χ2v) is 3.09. The molecule has 13 heavy (non-hydrogen) atoms. The van der Waals surface area contributed by atoms with Gasteiger partial charge in [-0.1, -0.05) is 12.8 Å². The van der Waals surface area contributed by atoms with Crippen LogP contribution in [0.15, 0.2) is 4.99 Å². The molecule has 0 atom stereocenters. The van der Waals surface area contributed by atoms with Gasteiger partial charge in [-0.3, -0.25) is 0 Å². The molecule has 74 valence electrons. The fraction of sp³-hybridized carbons (Fsp3) is 0.750. The van der Waals surface area contributed by atoms with E-state index in [1.807, 2.05) is 0 Å². The van der Waals surface area contributed by atoms with Gasteiger partial charge in [-0.25, -0.2) is 4.79 Å². The average Bonchev–Trinajstić information content (AvgIpc) is 2.56. The van der Waals surface area contributed by atoms with Crippen LogP contribution in [0.3, 0.4) is 0 Å². The van der Waals surface area contributed by atoms with E-state index >= 15 is 0 Å². The summed E-state index contributed by atoms with van der Waals surface area (Å²) >= 11 is 0. The van der Waals surface area contributed by atoms with Crippen molar-refractivity contribution in [1.82, 2.24) is 5.32 Å². The highest BCUT2D eigenvalue weighted by molar-refractivity contribution is 5.88. The second-order valence-electron chi connectivity index (χ2n) is 3.09. The van der Waals surface area contributed by atoms with E-state index in [1.165, 1.54) is 20.0 Å². The van der Waals surface area contributed by atoms with Crippen LogP contribution in [-0.4, -0.2) is 25.2 Å². The van der Waals surface area contributed by atoms with Crippen LogP contribution in [0.25, 0.3) is 0 Å². The van der Waals surface area contributed by atoms with Crippen molar-refractivity contribution >= 4 is 12.1 Å². The summed E-state index contributed by atoms with van der Waals surface area (Å²) < 4.78 is 4.55. The molecule has 3 N–H and O–H groups in total. The number of nitrogens with zero attached hydrogens (tertiary/aromatic N) is 1. The smallest absolute Gasteiger partial charge is 0.345 e. The molecule has 0 radical (unpaired) electrons. The average molecular weight is 185 g/mol. The number of amidine groups is 1. The highest BCUT2D eigenvalue weighted by Gasteiger charge is 2.16. The Bertz CT molecular complexity index is 209. The highest BCUT2D eigenvalue weighted by Crippen LogP contribution is 2.17. The number of nitrogens with one attached hydrogen (secondary N) is 1. The van der Waals surface area contributed by atoms with E-state index in [0.29, 0.717) is 0 Å². The van der Waals surface area contributed by atoms with Crippen LogP contribution in [0, 0.1) is 0 Å². The predicted molar refractivity (Wildman–Crippen MR) is 49.4 cm³/mol. The quantitative estimate of drug-likeness (QED) is 0.464. The van der Waals surface area contributed by atoms with Crippen LogP contribution in [0.1, 0.15) is 25.7 Å². The molecule has 2 amide bonds. The van der Waals surface area contributed by atoms with E-state index in [9.17, 15) is 4.79 Å². The number of carbonyl (C=O) groups is 1. The fourth-order valence-electron chi connectivity index (χ4n) is 1.42. The summed E-state index contributed by atoms with van der Waals surface area (Å²) in [5.74, 6) is 0. The van der Waals surface area contributed by atoms with E-state index in [4.69, 9.17) is 5.73 Å². The third-order valence-corrected chi connectivity index (χ3v) is 2.10. The van der Waals surface area contributed by atoms with Crippen molar-refractivity contribution in [3.63, 3.8) is 0 Å². The van der Waals surface area contributed by atoms with Crippen molar-refractivity contribution in [2.75, 3.05) is 7.11 Å². The maximum atomic E-state index is 11.1. The Labute approximate surface area is 77.3 Å².